The fraction of sp³-hybridized carbons (Fsp3) is 0.357. The largest absolute Gasteiger partial charge is 0.481 e. The summed E-state index contributed by atoms with van der Waals surface area (Å²) >= 11 is 0. The van der Waals surface area contributed by atoms with Crippen molar-refractivity contribution in [2.75, 3.05) is 13.6 Å². The molecular formula is C14H16FN3O3. The molecule has 0 aromatic carbocycles. The second-order valence-corrected chi connectivity index (χ2v) is 4.71. The first kappa shape index (κ1) is 15.0. The number of amides is 1. The number of hydrogen-bond donors (Lipinski definition) is 1. The van der Waals surface area contributed by atoms with Crippen LogP contribution in [-0.4, -0.2) is 44.9 Å². The van der Waals surface area contributed by atoms with Gasteiger partial charge in [0.2, 0.25) is 0 Å². The lowest BCUT2D eigenvalue weighted by Gasteiger charge is -2.16. The van der Waals surface area contributed by atoms with E-state index in [4.69, 9.17) is 5.11 Å². The van der Waals surface area contributed by atoms with Crippen molar-refractivity contribution in [1.29, 1.82) is 0 Å². The summed E-state index contributed by atoms with van der Waals surface area (Å²) in [4.78, 5) is 28.7. The first-order valence-electron chi connectivity index (χ1n) is 6.57. The molecule has 7 heteroatoms. The molecule has 0 bridgehead atoms. The van der Waals surface area contributed by atoms with Crippen molar-refractivity contribution in [2.24, 2.45) is 0 Å². The molecule has 112 valence electrons. The number of fused-ring (bicyclic) bond motifs is 1. The van der Waals surface area contributed by atoms with E-state index in [0.717, 1.165) is 0 Å². The number of aryl methyl sites for hydroxylation is 1. The molecule has 0 radical (unpaired) electrons. The number of carbonyl (C=O) groups excluding carboxylic acids is 1. The molecule has 2 aromatic heterocycles. The molecule has 0 spiro atoms. The molecule has 0 saturated heterocycles. The maximum Gasteiger partial charge on any atom is 0.305 e. The lowest BCUT2D eigenvalue weighted by atomic mass is 10.2. The van der Waals surface area contributed by atoms with Gasteiger partial charge in [0.1, 0.15) is 17.2 Å². The van der Waals surface area contributed by atoms with Crippen LogP contribution in [0.3, 0.4) is 0 Å². The van der Waals surface area contributed by atoms with Crippen molar-refractivity contribution < 1.29 is 19.1 Å². The molecule has 2 heterocycles. The van der Waals surface area contributed by atoms with E-state index < -0.39 is 11.8 Å². The topological polar surface area (TPSA) is 74.9 Å². The first-order valence-corrected chi connectivity index (χ1v) is 6.57. The van der Waals surface area contributed by atoms with Crippen LogP contribution in [-0.2, 0) is 11.2 Å². The van der Waals surface area contributed by atoms with E-state index in [0.29, 0.717) is 17.8 Å². The van der Waals surface area contributed by atoms with Gasteiger partial charge in [-0.25, -0.2) is 9.37 Å². The average Bonchev–Trinajstić information content (AvgIpc) is 2.81. The third-order valence-electron chi connectivity index (χ3n) is 3.20. The second kappa shape index (κ2) is 5.90. The van der Waals surface area contributed by atoms with E-state index in [1.54, 1.807) is 0 Å². The van der Waals surface area contributed by atoms with Gasteiger partial charge in [-0.05, 0) is 18.6 Å². The average molecular weight is 293 g/mol. The summed E-state index contributed by atoms with van der Waals surface area (Å²) in [6.07, 6.45) is 1.59. The number of aromatic nitrogens is 2. The van der Waals surface area contributed by atoms with Crippen LogP contribution in [0.15, 0.2) is 18.3 Å². The molecule has 0 aliphatic carbocycles. The van der Waals surface area contributed by atoms with Gasteiger partial charge in [0.05, 0.1) is 12.1 Å². The van der Waals surface area contributed by atoms with Crippen LogP contribution < -0.4 is 0 Å². The number of nitrogens with zero attached hydrogens (tertiary/aromatic N) is 3. The molecule has 0 fully saturated rings. The lowest BCUT2D eigenvalue weighted by Crippen LogP contribution is -2.30. The maximum atomic E-state index is 13.4. The minimum absolute atomic E-state index is 0.0832. The zero-order valence-corrected chi connectivity index (χ0v) is 11.8. The van der Waals surface area contributed by atoms with E-state index in [2.05, 4.69) is 4.98 Å². The summed E-state index contributed by atoms with van der Waals surface area (Å²) in [6, 6.07) is 2.78. The molecule has 0 unspecified atom stereocenters. The normalized spacial score (nSPS) is 10.8. The van der Waals surface area contributed by atoms with Gasteiger partial charge >= 0.3 is 5.97 Å². The van der Waals surface area contributed by atoms with Gasteiger partial charge in [-0.15, -0.1) is 0 Å². The Morgan fingerprint density at radius 1 is 1.43 bits per heavy atom. The molecule has 0 saturated carbocycles. The van der Waals surface area contributed by atoms with Crippen LogP contribution in [0.5, 0.6) is 0 Å². The number of carboxylic acid groups (broad SMARTS) is 1. The number of imidazole rings is 1. The van der Waals surface area contributed by atoms with E-state index in [-0.39, 0.29) is 24.6 Å². The van der Waals surface area contributed by atoms with Crippen LogP contribution in [0.25, 0.3) is 5.65 Å². The highest BCUT2D eigenvalue weighted by Gasteiger charge is 2.22. The Hall–Kier alpha value is -2.44. The highest BCUT2D eigenvalue weighted by Crippen LogP contribution is 2.16. The van der Waals surface area contributed by atoms with Gasteiger partial charge in [-0.2, -0.15) is 0 Å². The number of aliphatic carboxylic acids is 1. The van der Waals surface area contributed by atoms with E-state index >= 15 is 0 Å². The molecule has 1 amide bonds. The quantitative estimate of drug-likeness (QED) is 0.908. The maximum absolute atomic E-state index is 13.4. The number of carboxylic acids is 1. The molecular weight excluding hydrogens is 277 g/mol. The summed E-state index contributed by atoms with van der Waals surface area (Å²) in [5, 5.41) is 8.68. The van der Waals surface area contributed by atoms with Gasteiger partial charge in [0, 0.05) is 19.8 Å². The summed E-state index contributed by atoms with van der Waals surface area (Å²) in [7, 11) is 1.52. The van der Waals surface area contributed by atoms with Crippen molar-refractivity contribution in [3.05, 3.63) is 35.5 Å². The van der Waals surface area contributed by atoms with Gasteiger partial charge in [0.15, 0.2) is 0 Å². The van der Waals surface area contributed by atoms with Crippen molar-refractivity contribution in [2.45, 2.75) is 19.8 Å². The van der Waals surface area contributed by atoms with Crippen molar-refractivity contribution in [1.82, 2.24) is 14.3 Å². The smallest absolute Gasteiger partial charge is 0.305 e. The molecule has 1 N–H and O–H groups in total. The predicted molar refractivity (Wildman–Crippen MR) is 73.7 cm³/mol. The molecule has 21 heavy (non-hydrogen) atoms. The van der Waals surface area contributed by atoms with Gasteiger partial charge in [-0.3, -0.25) is 14.0 Å². The van der Waals surface area contributed by atoms with Crippen molar-refractivity contribution >= 4 is 17.5 Å². The SMILES string of the molecule is CCc1nc2ccc(F)cn2c1C(=O)N(C)CCC(=O)O. The zero-order chi connectivity index (χ0) is 15.6. The highest BCUT2D eigenvalue weighted by molar-refractivity contribution is 5.94. The Morgan fingerprint density at radius 3 is 2.76 bits per heavy atom. The van der Waals surface area contributed by atoms with Gasteiger partial charge < -0.3 is 10.0 Å². The predicted octanol–water partition coefficient (Wildman–Crippen LogP) is 1.58. The molecule has 0 atom stereocenters. The van der Waals surface area contributed by atoms with Crippen LogP contribution in [0.2, 0.25) is 0 Å². The number of pyridine rings is 1. The van der Waals surface area contributed by atoms with Gasteiger partial charge in [0.25, 0.3) is 5.91 Å². The fourth-order valence-corrected chi connectivity index (χ4v) is 2.09. The van der Waals surface area contributed by atoms with Crippen molar-refractivity contribution in [3.8, 4) is 0 Å². The van der Waals surface area contributed by atoms with E-state index in [1.165, 1.54) is 34.7 Å². The third-order valence-corrected chi connectivity index (χ3v) is 3.20. The van der Waals surface area contributed by atoms with E-state index in [9.17, 15) is 14.0 Å². The summed E-state index contributed by atoms with van der Waals surface area (Å²) in [5.41, 5.74) is 1.33. The molecule has 0 aliphatic heterocycles. The third kappa shape index (κ3) is 3.01. The van der Waals surface area contributed by atoms with Gasteiger partial charge in [-0.1, -0.05) is 6.92 Å². The number of rotatable bonds is 5. The Labute approximate surface area is 120 Å². The lowest BCUT2D eigenvalue weighted by molar-refractivity contribution is -0.137. The Morgan fingerprint density at radius 2 is 2.14 bits per heavy atom. The summed E-state index contributed by atoms with van der Waals surface area (Å²) in [5.74, 6) is -1.81. The monoisotopic (exact) mass is 293 g/mol. The Kier molecular flexibility index (Phi) is 4.21. The van der Waals surface area contributed by atoms with Crippen LogP contribution in [0, 0.1) is 5.82 Å². The molecule has 2 rings (SSSR count). The Balaban J connectivity index is 2.41. The van der Waals surface area contributed by atoms with E-state index in [1.807, 2.05) is 6.92 Å². The van der Waals surface area contributed by atoms with Crippen molar-refractivity contribution in [3.63, 3.8) is 0 Å². The fourth-order valence-electron chi connectivity index (χ4n) is 2.09. The second-order valence-electron chi connectivity index (χ2n) is 4.71. The number of halogens is 1. The van der Waals surface area contributed by atoms with Crippen LogP contribution in [0.4, 0.5) is 4.39 Å². The standard InChI is InChI=1S/C14H16FN3O3/c1-3-10-13(14(21)17(2)7-6-12(19)20)18-8-9(15)4-5-11(18)16-10/h4-5,8H,3,6-7H2,1-2H3,(H,19,20). The van der Waals surface area contributed by atoms with Crippen LogP contribution in [0.1, 0.15) is 29.5 Å². The number of carbonyl (C=O) groups is 2. The molecule has 6 nitrogen and oxygen atoms in total. The summed E-state index contributed by atoms with van der Waals surface area (Å²) < 4.78 is 14.8. The van der Waals surface area contributed by atoms with Crippen LogP contribution >= 0.6 is 0 Å². The minimum atomic E-state index is -0.977. The summed E-state index contributed by atoms with van der Waals surface area (Å²) in [6.45, 7) is 1.94. The number of hydrogen-bond acceptors (Lipinski definition) is 3. The Bertz CT molecular complexity index is 696. The zero-order valence-electron chi connectivity index (χ0n) is 11.8. The molecule has 0 aliphatic rings. The first-order chi connectivity index (χ1) is 9.93. The highest BCUT2D eigenvalue weighted by atomic mass is 19.1. The molecule has 2 aromatic rings. The minimum Gasteiger partial charge on any atom is -0.481 e.